The molecule has 162 valence electrons. The van der Waals surface area contributed by atoms with Gasteiger partial charge in [0.15, 0.2) is 11.5 Å². The number of anilines is 1. The molecule has 1 fully saturated rings. The average Bonchev–Trinajstić information content (AvgIpc) is 2.74. The fourth-order valence-electron chi connectivity index (χ4n) is 4.51. The van der Waals surface area contributed by atoms with E-state index in [4.69, 9.17) is 4.74 Å². The van der Waals surface area contributed by atoms with E-state index in [0.717, 1.165) is 24.0 Å². The van der Waals surface area contributed by atoms with Crippen molar-refractivity contribution in [2.24, 2.45) is 11.8 Å². The summed E-state index contributed by atoms with van der Waals surface area (Å²) in [5.41, 5.74) is 2.61. The predicted octanol–water partition coefficient (Wildman–Crippen LogP) is 4.70. The Morgan fingerprint density at radius 3 is 2.77 bits per heavy atom. The number of aryl methyl sites for hydroxylation is 1. The van der Waals surface area contributed by atoms with Crippen LogP contribution in [0.3, 0.4) is 0 Å². The van der Waals surface area contributed by atoms with E-state index >= 15 is 0 Å². The number of nitrogens with zero attached hydrogens (tertiary/aromatic N) is 1. The Morgan fingerprint density at radius 1 is 1.16 bits per heavy atom. The SMILES string of the molecule is Cc1cccc(/C=C2/Oc3ccccc3N(CC(=O)N[C@@H]3CCC[C@@H](C)[C@@H]3C)C2=O)c1. The van der Waals surface area contributed by atoms with Crippen molar-refractivity contribution in [3.05, 3.63) is 65.4 Å². The largest absolute Gasteiger partial charge is 0.449 e. The molecule has 2 amide bonds. The van der Waals surface area contributed by atoms with E-state index < -0.39 is 0 Å². The highest BCUT2D eigenvalue weighted by atomic mass is 16.5. The molecule has 1 aliphatic heterocycles. The molecule has 3 atom stereocenters. The van der Waals surface area contributed by atoms with Crippen LogP contribution in [0.15, 0.2) is 54.3 Å². The number of ether oxygens (including phenoxy) is 1. The van der Waals surface area contributed by atoms with Gasteiger partial charge in [-0.15, -0.1) is 0 Å². The topological polar surface area (TPSA) is 58.6 Å². The molecular weight excluding hydrogens is 388 g/mol. The Hall–Kier alpha value is -3.08. The minimum absolute atomic E-state index is 0.0258. The highest BCUT2D eigenvalue weighted by Gasteiger charge is 2.33. The molecule has 2 aromatic rings. The van der Waals surface area contributed by atoms with Crippen LogP contribution in [0.2, 0.25) is 0 Å². The molecule has 0 radical (unpaired) electrons. The second kappa shape index (κ2) is 8.96. The van der Waals surface area contributed by atoms with Crippen LogP contribution in [0.5, 0.6) is 5.75 Å². The second-order valence-electron chi connectivity index (χ2n) is 8.83. The fraction of sp³-hybridized carbons (Fsp3) is 0.385. The fourth-order valence-corrected chi connectivity index (χ4v) is 4.51. The smallest absolute Gasteiger partial charge is 0.294 e. The van der Waals surface area contributed by atoms with E-state index in [1.54, 1.807) is 6.08 Å². The first-order valence-electron chi connectivity index (χ1n) is 11.1. The second-order valence-corrected chi connectivity index (χ2v) is 8.83. The summed E-state index contributed by atoms with van der Waals surface area (Å²) < 4.78 is 5.92. The first-order chi connectivity index (χ1) is 14.9. The van der Waals surface area contributed by atoms with Gasteiger partial charge >= 0.3 is 0 Å². The van der Waals surface area contributed by atoms with Crippen molar-refractivity contribution < 1.29 is 14.3 Å². The molecule has 1 saturated carbocycles. The summed E-state index contributed by atoms with van der Waals surface area (Å²) in [6, 6.07) is 15.4. The number of carbonyl (C=O) groups excluding carboxylic acids is 2. The van der Waals surface area contributed by atoms with E-state index in [1.807, 2.05) is 55.5 Å². The molecule has 5 nitrogen and oxygen atoms in total. The summed E-state index contributed by atoms with van der Waals surface area (Å²) in [5, 5.41) is 3.18. The van der Waals surface area contributed by atoms with Crippen molar-refractivity contribution in [3.63, 3.8) is 0 Å². The van der Waals surface area contributed by atoms with Crippen LogP contribution in [0.1, 0.15) is 44.2 Å². The van der Waals surface area contributed by atoms with Gasteiger partial charge in [0.1, 0.15) is 6.54 Å². The molecule has 0 spiro atoms. The van der Waals surface area contributed by atoms with E-state index in [9.17, 15) is 9.59 Å². The molecule has 1 heterocycles. The first-order valence-corrected chi connectivity index (χ1v) is 11.1. The van der Waals surface area contributed by atoms with Crippen molar-refractivity contribution in [2.75, 3.05) is 11.4 Å². The standard InChI is InChI=1S/C26H30N2O3/c1-17-8-6-10-20(14-17)15-24-26(30)28(22-12-4-5-13-23(22)31-24)16-25(29)27-21-11-7-9-18(2)19(21)3/h4-6,8,10,12-15,18-19,21H,7,9,11,16H2,1-3H3,(H,27,29)/b24-15+/t18-,19+,21-/m1/s1. The van der Waals surface area contributed by atoms with Crippen molar-refractivity contribution in [3.8, 4) is 5.75 Å². The van der Waals surface area contributed by atoms with Crippen LogP contribution in [-0.4, -0.2) is 24.4 Å². The summed E-state index contributed by atoms with van der Waals surface area (Å²) in [7, 11) is 0. The Morgan fingerprint density at radius 2 is 1.97 bits per heavy atom. The van der Waals surface area contributed by atoms with Gasteiger partial charge in [0.25, 0.3) is 5.91 Å². The highest BCUT2D eigenvalue weighted by molar-refractivity contribution is 6.12. The molecule has 5 heteroatoms. The number of carbonyl (C=O) groups is 2. The van der Waals surface area contributed by atoms with E-state index in [0.29, 0.717) is 23.3 Å². The van der Waals surface area contributed by atoms with Gasteiger partial charge in [-0.05, 0) is 49.0 Å². The molecule has 0 unspecified atom stereocenters. The number of hydrogen-bond acceptors (Lipinski definition) is 3. The molecule has 0 saturated heterocycles. The lowest BCUT2D eigenvalue weighted by atomic mass is 9.78. The molecule has 0 aromatic heterocycles. The maximum atomic E-state index is 13.3. The lowest BCUT2D eigenvalue weighted by Gasteiger charge is -2.35. The Bertz CT molecular complexity index is 1010. The summed E-state index contributed by atoms with van der Waals surface area (Å²) in [6.07, 6.45) is 5.06. The Kier molecular flexibility index (Phi) is 6.12. The van der Waals surface area contributed by atoms with Crippen LogP contribution in [-0.2, 0) is 9.59 Å². The maximum Gasteiger partial charge on any atom is 0.294 e. The van der Waals surface area contributed by atoms with Crippen molar-refractivity contribution in [2.45, 2.75) is 46.1 Å². The van der Waals surface area contributed by atoms with Gasteiger partial charge in [0, 0.05) is 6.04 Å². The lowest BCUT2D eigenvalue weighted by molar-refractivity contribution is -0.124. The quantitative estimate of drug-likeness (QED) is 0.732. The molecule has 1 aliphatic carbocycles. The maximum absolute atomic E-state index is 13.3. The normalized spacial score (nSPS) is 24.5. The monoisotopic (exact) mass is 418 g/mol. The van der Waals surface area contributed by atoms with Crippen LogP contribution in [0, 0.1) is 18.8 Å². The van der Waals surface area contributed by atoms with Gasteiger partial charge < -0.3 is 10.1 Å². The van der Waals surface area contributed by atoms with Crippen LogP contribution < -0.4 is 15.0 Å². The van der Waals surface area contributed by atoms with Gasteiger partial charge in [0.05, 0.1) is 5.69 Å². The molecule has 2 aromatic carbocycles. The molecule has 0 bridgehead atoms. The Balaban J connectivity index is 1.57. The molecule has 4 rings (SSSR count). The zero-order chi connectivity index (χ0) is 22.0. The van der Waals surface area contributed by atoms with Gasteiger partial charge in [-0.3, -0.25) is 14.5 Å². The van der Waals surface area contributed by atoms with E-state index in [2.05, 4.69) is 19.2 Å². The summed E-state index contributed by atoms with van der Waals surface area (Å²) >= 11 is 0. The average molecular weight is 419 g/mol. The number of amides is 2. The Labute approximate surface area is 184 Å². The first kappa shape index (κ1) is 21.2. The van der Waals surface area contributed by atoms with Crippen molar-refractivity contribution in [1.82, 2.24) is 5.32 Å². The third kappa shape index (κ3) is 4.66. The zero-order valence-corrected chi connectivity index (χ0v) is 18.4. The third-order valence-electron chi connectivity index (χ3n) is 6.53. The predicted molar refractivity (Wildman–Crippen MR) is 123 cm³/mol. The lowest BCUT2D eigenvalue weighted by Crippen LogP contribution is -2.49. The zero-order valence-electron chi connectivity index (χ0n) is 18.4. The number of hydrogen-bond donors (Lipinski definition) is 1. The minimum Gasteiger partial charge on any atom is -0.449 e. The number of para-hydroxylation sites is 2. The van der Waals surface area contributed by atoms with Gasteiger partial charge in [-0.25, -0.2) is 0 Å². The number of benzene rings is 2. The van der Waals surface area contributed by atoms with Crippen LogP contribution in [0.25, 0.3) is 6.08 Å². The van der Waals surface area contributed by atoms with Crippen molar-refractivity contribution >= 4 is 23.6 Å². The highest BCUT2D eigenvalue weighted by Crippen LogP contribution is 2.35. The number of rotatable bonds is 4. The van der Waals surface area contributed by atoms with Crippen LogP contribution in [0.4, 0.5) is 5.69 Å². The number of fused-ring (bicyclic) bond motifs is 1. The van der Waals surface area contributed by atoms with Gasteiger partial charge in [-0.1, -0.05) is 68.7 Å². The van der Waals surface area contributed by atoms with E-state index in [-0.39, 0.29) is 30.2 Å². The van der Waals surface area contributed by atoms with Crippen LogP contribution >= 0.6 is 0 Å². The molecule has 1 N–H and O–H groups in total. The summed E-state index contributed by atoms with van der Waals surface area (Å²) in [6.45, 7) is 6.42. The third-order valence-corrected chi connectivity index (χ3v) is 6.53. The summed E-state index contributed by atoms with van der Waals surface area (Å²) in [5.74, 6) is 1.38. The molecule has 2 aliphatic rings. The molecular formula is C26H30N2O3. The van der Waals surface area contributed by atoms with Gasteiger partial charge in [0.2, 0.25) is 5.91 Å². The summed E-state index contributed by atoms with van der Waals surface area (Å²) in [4.78, 5) is 27.7. The van der Waals surface area contributed by atoms with Gasteiger partial charge in [-0.2, -0.15) is 0 Å². The van der Waals surface area contributed by atoms with Crippen molar-refractivity contribution in [1.29, 1.82) is 0 Å². The number of nitrogens with one attached hydrogen (secondary N) is 1. The van der Waals surface area contributed by atoms with E-state index in [1.165, 1.54) is 11.3 Å². The minimum atomic E-state index is -0.305. The molecule has 31 heavy (non-hydrogen) atoms.